The quantitative estimate of drug-likeness (QED) is 0.616. The van der Waals surface area contributed by atoms with Crippen molar-refractivity contribution in [2.24, 2.45) is 11.3 Å². The summed E-state index contributed by atoms with van der Waals surface area (Å²) in [5.74, 6) is 0.731. The van der Waals surface area contributed by atoms with Crippen LogP contribution in [0.1, 0.15) is 44.7 Å². The smallest absolute Gasteiger partial charge is 0.0247 e. The van der Waals surface area contributed by atoms with Crippen molar-refractivity contribution < 1.29 is 0 Å². The van der Waals surface area contributed by atoms with Crippen LogP contribution < -0.4 is 0 Å². The molecule has 0 aliphatic heterocycles. The average molecular weight is 280 g/mol. The molecule has 112 valence electrons. The van der Waals surface area contributed by atoms with Crippen LogP contribution in [0.5, 0.6) is 0 Å². The number of hydrogen-bond acceptors (Lipinski definition) is 0. The van der Waals surface area contributed by atoms with Crippen LogP contribution in [0.25, 0.3) is 0 Å². The van der Waals surface area contributed by atoms with Gasteiger partial charge in [-0.1, -0.05) is 81.4 Å². The van der Waals surface area contributed by atoms with E-state index in [0.717, 1.165) is 5.92 Å². The monoisotopic (exact) mass is 280 g/mol. The molecular formula is C21H28. The molecule has 2 rings (SSSR count). The topological polar surface area (TPSA) is 0 Å². The van der Waals surface area contributed by atoms with E-state index in [9.17, 15) is 0 Å². The predicted molar refractivity (Wildman–Crippen MR) is 92.5 cm³/mol. The standard InChI is InChI=1S/C21H28/c1-21(2,3)15-14-20(16-18-10-6-4-7-11-18)17-19-12-8-5-9-13-19/h4-13,20H,14-17H2,1-3H3. The Kier molecular flexibility index (Phi) is 5.61. The molecule has 2 aromatic carbocycles. The fourth-order valence-corrected chi connectivity index (χ4v) is 2.81. The molecule has 0 radical (unpaired) electrons. The first-order chi connectivity index (χ1) is 10.0. The largest absolute Gasteiger partial charge is 0.0622 e. The van der Waals surface area contributed by atoms with Crippen molar-refractivity contribution in [2.75, 3.05) is 0 Å². The molecule has 21 heavy (non-hydrogen) atoms. The zero-order valence-electron chi connectivity index (χ0n) is 13.7. The summed E-state index contributed by atoms with van der Waals surface area (Å²) < 4.78 is 0. The third-order valence-electron chi connectivity index (χ3n) is 4.04. The second-order valence-corrected chi connectivity index (χ2v) is 7.34. The molecule has 0 saturated carbocycles. The highest BCUT2D eigenvalue weighted by atomic mass is 14.2. The van der Waals surface area contributed by atoms with Gasteiger partial charge in [-0.3, -0.25) is 0 Å². The maximum atomic E-state index is 2.34. The molecule has 0 atom stereocenters. The van der Waals surface area contributed by atoms with E-state index in [2.05, 4.69) is 81.4 Å². The molecule has 0 unspecified atom stereocenters. The van der Waals surface area contributed by atoms with E-state index >= 15 is 0 Å². The van der Waals surface area contributed by atoms with E-state index in [0.29, 0.717) is 5.41 Å². The van der Waals surface area contributed by atoms with E-state index in [1.165, 1.54) is 36.8 Å². The summed E-state index contributed by atoms with van der Waals surface area (Å²) in [5, 5.41) is 0. The Hall–Kier alpha value is -1.56. The van der Waals surface area contributed by atoms with Gasteiger partial charge in [-0.25, -0.2) is 0 Å². The maximum absolute atomic E-state index is 2.34. The normalized spacial score (nSPS) is 11.8. The van der Waals surface area contributed by atoms with Crippen molar-refractivity contribution in [2.45, 2.75) is 46.5 Å². The van der Waals surface area contributed by atoms with E-state index in [1.54, 1.807) is 0 Å². The van der Waals surface area contributed by atoms with Crippen molar-refractivity contribution in [3.63, 3.8) is 0 Å². The molecule has 0 heteroatoms. The van der Waals surface area contributed by atoms with E-state index in [-0.39, 0.29) is 0 Å². The van der Waals surface area contributed by atoms with Gasteiger partial charge in [0.25, 0.3) is 0 Å². The molecule has 0 saturated heterocycles. The van der Waals surface area contributed by atoms with Crippen LogP contribution in [0.3, 0.4) is 0 Å². The summed E-state index contributed by atoms with van der Waals surface area (Å²) >= 11 is 0. The fourth-order valence-electron chi connectivity index (χ4n) is 2.81. The molecule has 0 nitrogen and oxygen atoms in total. The molecule has 0 spiro atoms. The third-order valence-corrected chi connectivity index (χ3v) is 4.04. The average Bonchev–Trinajstić information content (AvgIpc) is 2.46. The number of rotatable bonds is 6. The maximum Gasteiger partial charge on any atom is -0.0247 e. The Bertz CT molecular complexity index is 463. The predicted octanol–water partition coefficient (Wildman–Crippen LogP) is 5.91. The Morgan fingerprint density at radius 3 is 1.52 bits per heavy atom. The lowest BCUT2D eigenvalue weighted by Gasteiger charge is -2.23. The van der Waals surface area contributed by atoms with E-state index in [1.807, 2.05) is 0 Å². The highest BCUT2D eigenvalue weighted by molar-refractivity contribution is 5.18. The van der Waals surface area contributed by atoms with Gasteiger partial charge in [0.2, 0.25) is 0 Å². The molecule has 0 fully saturated rings. The van der Waals surface area contributed by atoms with Gasteiger partial charge in [-0.2, -0.15) is 0 Å². The minimum absolute atomic E-state index is 0.422. The van der Waals surface area contributed by atoms with E-state index < -0.39 is 0 Å². The first kappa shape index (κ1) is 15.8. The molecule has 0 N–H and O–H groups in total. The van der Waals surface area contributed by atoms with Crippen LogP contribution >= 0.6 is 0 Å². The van der Waals surface area contributed by atoms with Crippen molar-refractivity contribution >= 4 is 0 Å². The molecule has 0 aliphatic carbocycles. The second-order valence-electron chi connectivity index (χ2n) is 7.34. The number of hydrogen-bond donors (Lipinski definition) is 0. The van der Waals surface area contributed by atoms with Crippen LogP contribution in [-0.4, -0.2) is 0 Å². The first-order valence-corrected chi connectivity index (χ1v) is 8.11. The lowest BCUT2D eigenvalue weighted by Crippen LogP contribution is -2.13. The van der Waals surface area contributed by atoms with Crippen molar-refractivity contribution in [3.8, 4) is 0 Å². The molecule has 0 amide bonds. The SMILES string of the molecule is CC(C)(C)CCC(Cc1ccccc1)Cc1ccccc1. The van der Waals surface area contributed by atoms with Crippen LogP contribution in [0, 0.1) is 11.3 Å². The summed E-state index contributed by atoms with van der Waals surface area (Å²) in [6, 6.07) is 21.8. The lowest BCUT2D eigenvalue weighted by atomic mass is 9.82. The van der Waals surface area contributed by atoms with Gasteiger partial charge in [0.1, 0.15) is 0 Å². The Morgan fingerprint density at radius 2 is 1.14 bits per heavy atom. The van der Waals surface area contributed by atoms with Gasteiger partial charge in [-0.05, 0) is 48.1 Å². The zero-order chi connectivity index (χ0) is 15.1. The Morgan fingerprint density at radius 1 is 0.714 bits per heavy atom. The van der Waals surface area contributed by atoms with Gasteiger partial charge < -0.3 is 0 Å². The minimum atomic E-state index is 0.422. The van der Waals surface area contributed by atoms with Crippen molar-refractivity contribution in [3.05, 3.63) is 71.8 Å². The van der Waals surface area contributed by atoms with Gasteiger partial charge in [0.15, 0.2) is 0 Å². The van der Waals surface area contributed by atoms with Crippen molar-refractivity contribution in [1.29, 1.82) is 0 Å². The summed E-state index contributed by atoms with van der Waals surface area (Å²) in [4.78, 5) is 0. The molecule has 0 aromatic heterocycles. The van der Waals surface area contributed by atoms with Gasteiger partial charge >= 0.3 is 0 Å². The third kappa shape index (κ3) is 6.16. The fraction of sp³-hybridized carbons (Fsp3) is 0.429. The van der Waals surface area contributed by atoms with Crippen LogP contribution in [0.4, 0.5) is 0 Å². The van der Waals surface area contributed by atoms with Gasteiger partial charge in [0, 0.05) is 0 Å². The summed E-state index contributed by atoms with van der Waals surface area (Å²) in [6.45, 7) is 7.03. The molecule has 0 aliphatic rings. The summed E-state index contributed by atoms with van der Waals surface area (Å²) in [5.41, 5.74) is 3.35. The first-order valence-electron chi connectivity index (χ1n) is 8.11. The van der Waals surface area contributed by atoms with Gasteiger partial charge in [-0.15, -0.1) is 0 Å². The molecule has 0 heterocycles. The zero-order valence-corrected chi connectivity index (χ0v) is 13.7. The summed E-state index contributed by atoms with van der Waals surface area (Å²) in [6.07, 6.45) is 4.96. The van der Waals surface area contributed by atoms with Gasteiger partial charge in [0.05, 0.1) is 0 Å². The van der Waals surface area contributed by atoms with Crippen LogP contribution in [0.15, 0.2) is 60.7 Å². The molecule has 2 aromatic rings. The van der Waals surface area contributed by atoms with Crippen LogP contribution in [-0.2, 0) is 12.8 Å². The molecular weight excluding hydrogens is 252 g/mol. The highest BCUT2D eigenvalue weighted by Gasteiger charge is 2.16. The Labute approximate surface area is 130 Å². The highest BCUT2D eigenvalue weighted by Crippen LogP contribution is 2.27. The van der Waals surface area contributed by atoms with Crippen LogP contribution in [0.2, 0.25) is 0 Å². The van der Waals surface area contributed by atoms with E-state index in [4.69, 9.17) is 0 Å². The second kappa shape index (κ2) is 7.45. The number of benzene rings is 2. The summed E-state index contributed by atoms with van der Waals surface area (Å²) in [7, 11) is 0. The minimum Gasteiger partial charge on any atom is -0.0622 e. The molecule has 0 bridgehead atoms. The van der Waals surface area contributed by atoms with Crippen molar-refractivity contribution in [1.82, 2.24) is 0 Å². The Balaban J connectivity index is 2.03. The lowest BCUT2D eigenvalue weighted by molar-refractivity contribution is 0.319.